The Bertz CT molecular complexity index is 396. The molecule has 0 aliphatic heterocycles. The van der Waals surface area contributed by atoms with E-state index in [2.05, 4.69) is 20.8 Å². The highest BCUT2D eigenvalue weighted by Crippen LogP contribution is 2.70. The Balaban J connectivity index is 2.43. The third-order valence-electron chi connectivity index (χ3n) is 5.74. The highest BCUT2D eigenvalue weighted by molar-refractivity contribution is 5.86. The number of carboxylic acids is 1. The molecule has 0 saturated heterocycles. The number of carboxylic acid groups (broad SMARTS) is 1. The van der Waals surface area contributed by atoms with Gasteiger partial charge in [-0.2, -0.15) is 0 Å². The van der Waals surface area contributed by atoms with Gasteiger partial charge in [0.05, 0.1) is 5.60 Å². The molecule has 0 radical (unpaired) electrons. The van der Waals surface area contributed by atoms with Crippen LogP contribution in [0.4, 0.5) is 0 Å². The lowest BCUT2D eigenvalue weighted by Gasteiger charge is -2.44. The van der Waals surface area contributed by atoms with Crippen LogP contribution in [0.1, 0.15) is 47.0 Å². The minimum absolute atomic E-state index is 0.0804. The molecule has 0 aromatic carbocycles. The van der Waals surface area contributed by atoms with Crippen LogP contribution in [0.25, 0.3) is 0 Å². The van der Waals surface area contributed by atoms with Gasteiger partial charge in [-0.25, -0.2) is 4.79 Å². The molecule has 3 atom stereocenters. The number of aliphatic carboxylic acids is 1. The monoisotopic (exact) mass is 238 g/mol. The minimum Gasteiger partial charge on any atom is -0.478 e. The summed E-state index contributed by atoms with van der Waals surface area (Å²) in [6, 6.07) is 0. The molecule has 0 heterocycles. The third-order valence-corrected chi connectivity index (χ3v) is 5.74. The standard InChI is InChI=1S/C14H22O3/c1-9(11(15)16)7-14(17)8-10-5-6-13(14,4)12(10,2)3/h7,10,17H,5-6,8H2,1-4H3,(H,15,16). The quantitative estimate of drug-likeness (QED) is 0.727. The average Bonchev–Trinajstić information content (AvgIpc) is 2.49. The molecule has 0 aromatic heterocycles. The van der Waals surface area contributed by atoms with Crippen LogP contribution in [0.3, 0.4) is 0 Å². The van der Waals surface area contributed by atoms with Crippen molar-refractivity contribution in [3.05, 3.63) is 11.6 Å². The van der Waals surface area contributed by atoms with Crippen molar-refractivity contribution < 1.29 is 15.0 Å². The maximum Gasteiger partial charge on any atom is 0.331 e. The second-order valence-corrected chi connectivity index (χ2v) is 6.55. The molecule has 2 aliphatic rings. The van der Waals surface area contributed by atoms with Gasteiger partial charge in [0.2, 0.25) is 0 Å². The topological polar surface area (TPSA) is 57.5 Å². The van der Waals surface area contributed by atoms with Crippen LogP contribution in [0.5, 0.6) is 0 Å². The van der Waals surface area contributed by atoms with Crippen LogP contribution >= 0.6 is 0 Å². The van der Waals surface area contributed by atoms with E-state index in [0.717, 1.165) is 12.8 Å². The van der Waals surface area contributed by atoms with Crippen LogP contribution in [-0.4, -0.2) is 21.8 Å². The first-order valence-corrected chi connectivity index (χ1v) is 6.29. The molecule has 2 aliphatic carbocycles. The van der Waals surface area contributed by atoms with Gasteiger partial charge in [0, 0.05) is 11.0 Å². The molecule has 96 valence electrons. The number of fused-ring (bicyclic) bond motifs is 2. The molecule has 2 bridgehead atoms. The van der Waals surface area contributed by atoms with E-state index >= 15 is 0 Å². The van der Waals surface area contributed by atoms with Crippen molar-refractivity contribution in [2.75, 3.05) is 0 Å². The Morgan fingerprint density at radius 2 is 1.94 bits per heavy atom. The zero-order valence-corrected chi connectivity index (χ0v) is 11.1. The smallest absolute Gasteiger partial charge is 0.331 e. The molecule has 0 spiro atoms. The number of rotatable bonds is 2. The largest absolute Gasteiger partial charge is 0.478 e. The van der Waals surface area contributed by atoms with Gasteiger partial charge in [0.15, 0.2) is 0 Å². The zero-order chi connectivity index (χ0) is 13.1. The highest BCUT2D eigenvalue weighted by Gasteiger charge is 2.67. The Hall–Kier alpha value is -0.830. The normalized spacial score (nSPS) is 44.1. The van der Waals surface area contributed by atoms with Gasteiger partial charge in [-0.3, -0.25) is 0 Å². The molecule has 3 nitrogen and oxygen atoms in total. The van der Waals surface area contributed by atoms with E-state index in [1.165, 1.54) is 0 Å². The Morgan fingerprint density at radius 1 is 1.35 bits per heavy atom. The fourth-order valence-corrected chi connectivity index (χ4v) is 3.97. The van der Waals surface area contributed by atoms with Crippen LogP contribution < -0.4 is 0 Å². The molecule has 17 heavy (non-hydrogen) atoms. The summed E-state index contributed by atoms with van der Waals surface area (Å²) in [5.74, 6) is -0.446. The predicted molar refractivity (Wildman–Crippen MR) is 65.6 cm³/mol. The van der Waals surface area contributed by atoms with Crippen molar-refractivity contribution >= 4 is 5.97 Å². The van der Waals surface area contributed by atoms with E-state index in [1.54, 1.807) is 13.0 Å². The number of hydrogen-bond donors (Lipinski definition) is 2. The number of hydrogen-bond acceptors (Lipinski definition) is 2. The van der Waals surface area contributed by atoms with Gasteiger partial charge >= 0.3 is 5.97 Å². The first kappa shape index (κ1) is 12.6. The molecule has 3 unspecified atom stereocenters. The van der Waals surface area contributed by atoms with Crippen molar-refractivity contribution in [2.24, 2.45) is 16.7 Å². The van der Waals surface area contributed by atoms with Gasteiger partial charge < -0.3 is 10.2 Å². The van der Waals surface area contributed by atoms with Crippen molar-refractivity contribution in [3.63, 3.8) is 0 Å². The summed E-state index contributed by atoms with van der Waals surface area (Å²) in [4.78, 5) is 10.9. The summed E-state index contributed by atoms with van der Waals surface area (Å²) < 4.78 is 0. The van der Waals surface area contributed by atoms with E-state index in [-0.39, 0.29) is 16.4 Å². The average molecular weight is 238 g/mol. The van der Waals surface area contributed by atoms with Gasteiger partial charge in [0.1, 0.15) is 0 Å². The lowest BCUT2D eigenvalue weighted by Crippen LogP contribution is -2.46. The zero-order valence-electron chi connectivity index (χ0n) is 11.1. The second kappa shape index (κ2) is 3.35. The Kier molecular flexibility index (Phi) is 2.48. The molecular formula is C14H22O3. The van der Waals surface area contributed by atoms with E-state index in [9.17, 15) is 9.90 Å². The van der Waals surface area contributed by atoms with Crippen LogP contribution in [0, 0.1) is 16.7 Å². The Morgan fingerprint density at radius 3 is 2.29 bits per heavy atom. The minimum atomic E-state index is -0.956. The third kappa shape index (κ3) is 1.41. The maximum absolute atomic E-state index is 10.9. The lowest BCUT2D eigenvalue weighted by atomic mass is 9.64. The van der Waals surface area contributed by atoms with Crippen LogP contribution in [0.15, 0.2) is 11.6 Å². The molecule has 2 N–H and O–H groups in total. The first-order valence-electron chi connectivity index (χ1n) is 6.29. The number of carbonyl (C=O) groups is 1. The fraction of sp³-hybridized carbons (Fsp3) is 0.786. The van der Waals surface area contributed by atoms with E-state index in [4.69, 9.17) is 5.11 Å². The summed E-state index contributed by atoms with van der Waals surface area (Å²) in [6.45, 7) is 8.06. The molecule has 0 amide bonds. The maximum atomic E-state index is 10.9. The molecule has 2 saturated carbocycles. The summed E-state index contributed by atoms with van der Waals surface area (Å²) >= 11 is 0. The summed E-state index contributed by atoms with van der Waals surface area (Å²) in [5.41, 5.74) is -0.836. The van der Waals surface area contributed by atoms with Gasteiger partial charge in [-0.05, 0) is 43.6 Å². The summed E-state index contributed by atoms with van der Waals surface area (Å²) in [6.07, 6.45) is 4.40. The lowest BCUT2D eigenvalue weighted by molar-refractivity contribution is -0.133. The van der Waals surface area contributed by atoms with Crippen molar-refractivity contribution in [1.82, 2.24) is 0 Å². The molecule has 3 heteroatoms. The van der Waals surface area contributed by atoms with Gasteiger partial charge in [-0.1, -0.05) is 20.8 Å². The Labute approximate surface area is 103 Å². The van der Waals surface area contributed by atoms with Gasteiger partial charge in [-0.15, -0.1) is 0 Å². The fourth-order valence-electron chi connectivity index (χ4n) is 3.97. The second-order valence-electron chi connectivity index (χ2n) is 6.55. The summed E-state index contributed by atoms with van der Waals surface area (Å²) in [7, 11) is 0. The highest BCUT2D eigenvalue weighted by atomic mass is 16.4. The summed E-state index contributed by atoms with van der Waals surface area (Å²) in [5, 5.41) is 19.8. The van der Waals surface area contributed by atoms with Gasteiger partial charge in [0.25, 0.3) is 0 Å². The van der Waals surface area contributed by atoms with E-state index in [0.29, 0.717) is 12.3 Å². The first-order chi connectivity index (χ1) is 7.64. The van der Waals surface area contributed by atoms with Crippen LogP contribution in [0.2, 0.25) is 0 Å². The van der Waals surface area contributed by atoms with Crippen molar-refractivity contribution in [2.45, 2.75) is 52.6 Å². The van der Waals surface area contributed by atoms with Crippen molar-refractivity contribution in [1.29, 1.82) is 0 Å². The number of aliphatic hydroxyl groups is 1. The molecular weight excluding hydrogens is 216 g/mol. The SMILES string of the molecule is CC(=CC1(O)CC2CCC1(C)C2(C)C)C(=O)O. The molecule has 2 fully saturated rings. The predicted octanol–water partition coefficient (Wildman–Crippen LogP) is 2.59. The van der Waals surface area contributed by atoms with E-state index < -0.39 is 11.6 Å². The molecule has 2 rings (SSSR count). The van der Waals surface area contributed by atoms with Crippen molar-refractivity contribution in [3.8, 4) is 0 Å². The van der Waals surface area contributed by atoms with E-state index in [1.807, 2.05) is 0 Å². The molecule has 0 aromatic rings. The van der Waals surface area contributed by atoms with Crippen LogP contribution in [-0.2, 0) is 4.79 Å².